The highest BCUT2D eigenvalue weighted by atomic mass is 32.2. The number of hydrogen-bond acceptors (Lipinski definition) is 6. The molecule has 136 valence electrons. The number of thiazole rings is 1. The fourth-order valence-corrected chi connectivity index (χ4v) is 4.84. The average molecular weight is 406 g/mol. The first-order valence-electron chi connectivity index (χ1n) is 8.24. The van der Waals surface area contributed by atoms with Gasteiger partial charge in [-0.2, -0.15) is 0 Å². The first-order chi connectivity index (χ1) is 12.4. The Hall–Kier alpha value is -1.77. The van der Waals surface area contributed by atoms with Crippen molar-refractivity contribution in [1.82, 2.24) is 9.88 Å². The molecule has 0 spiro atoms. The van der Waals surface area contributed by atoms with Crippen LogP contribution in [0.15, 0.2) is 30.5 Å². The molecule has 1 aliphatic heterocycles. The van der Waals surface area contributed by atoms with Crippen LogP contribution in [-0.2, 0) is 16.0 Å². The quantitative estimate of drug-likeness (QED) is 0.744. The highest BCUT2D eigenvalue weighted by molar-refractivity contribution is 8.24. The lowest BCUT2D eigenvalue weighted by Gasteiger charge is -2.14. The number of aromatic nitrogens is 1. The van der Waals surface area contributed by atoms with Crippen molar-refractivity contribution in [3.8, 4) is 0 Å². The smallest absolute Gasteiger partial charge is 0.241 e. The molecule has 1 aliphatic rings. The summed E-state index contributed by atoms with van der Waals surface area (Å²) in [5.41, 5.74) is 2.44. The van der Waals surface area contributed by atoms with Crippen LogP contribution in [0.3, 0.4) is 0 Å². The van der Waals surface area contributed by atoms with Crippen LogP contribution in [0, 0.1) is 6.92 Å². The molecule has 1 aromatic carbocycles. The Morgan fingerprint density at radius 3 is 2.73 bits per heavy atom. The normalized spacial score (nSPS) is 17.0. The number of rotatable bonds is 6. The number of aryl methyl sites for hydroxylation is 1. The molecule has 2 aromatic rings. The summed E-state index contributed by atoms with van der Waals surface area (Å²) in [5, 5.41) is 3.22. The molecule has 8 heteroatoms. The molecule has 1 unspecified atom stereocenters. The van der Waals surface area contributed by atoms with Gasteiger partial charge in [-0.05, 0) is 19.4 Å². The third kappa shape index (κ3) is 4.69. The molecule has 1 saturated heterocycles. The van der Waals surface area contributed by atoms with Crippen molar-refractivity contribution < 1.29 is 9.59 Å². The van der Waals surface area contributed by atoms with Gasteiger partial charge < -0.3 is 5.32 Å². The zero-order valence-electron chi connectivity index (χ0n) is 14.5. The van der Waals surface area contributed by atoms with Crippen LogP contribution < -0.4 is 5.32 Å². The molecular formula is C18H19N3O2S3. The van der Waals surface area contributed by atoms with Crippen LogP contribution in [0.25, 0.3) is 0 Å². The third-order valence-corrected chi connectivity index (χ3v) is 6.37. The minimum atomic E-state index is -0.165. The Balaban J connectivity index is 1.50. The summed E-state index contributed by atoms with van der Waals surface area (Å²) in [4.78, 5) is 31.0. The predicted molar refractivity (Wildman–Crippen MR) is 111 cm³/mol. The molecule has 26 heavy (non-hydrogen) atoms. The number of carbonyl (C=O) groups excluding carboxylic acids is 2. The molecule has 1 fully saturated rings. The zero-order chi connectivity index (χ0) is 18.7. The Labute approximate surface area is 166 Å². The average Bonchev–Trinajstić information content (AvgIpc) is 3.12. The Morgan fingerprint density at radius 2 is 2.08 bits per heavy atom. The summed E-state index contributed by atoms with van der Waals surface area (Å²) in [6.07, 6.45) is 2.78. The summed E-state index contributed by atoms with van der Waals surface area (Å²) in [5.74, 6) is -0.191. The van der Waals surface area contributed by atoms with Crippen LogP contribution in [0.4, 0.5) is 5.13 Å². The number of thiocarbonyl (C=S) groups is 1. The van der Waals surface area contributed by atoms with Crippen molar-refractivity contribution in [3.05, 3.63) is 46.5 Å². The van der Waals surface area contributed by atoms with Gasteiger partial charge in [-0.3, -0.25) is 14.5 Å². The molecule has 0 radical (unpaired) electrons. The highest BCUT2D eigenvalue weighted by Gasteiger charge is 2.33. The van der Waals surface area contributed by atoms with Crippen molar-refractivity contribution in [2.45, 2.75) is 31.9 Å². The van der Waals surface area contributed by atoms with Gasteiger partial charge in [-0.1, -0.05) is 53.8 Å². The number of benzene rings is 1. The van der Waals surface area contributed by atoms with E-state index in [1.807, 2.05) is 6.92 Å². The van der Waals surface area contributed by atoms with E-state index < -0.39 is 0 Å². The minimum absolute atomic E-state index is 0.0255. The molecule has 5 nitrogen and oxygen atoms in total. The maximum absolute atomic E-state index is 12.1. The first-order valence-corrected chi connectivity index (χ1v) is 10.3. The summed E-state index contributed by atoms with van der Waals surface area (Å²) < 4.78 is 0.546. The van der Waals surface area contributed by atoms with E-state index in [9.17, 15) is 9.59 Å². The number of anilines is 1. The van der Waals surface area contributed by atoms with Crippen molar-refractivity contribution in [2.75, 3.05) is 11.9 Å². The molecule has 0 saturated carbocycles. The fraction of sp³-hybridized carbons (Fsp3) is 0.333. The minimum Gasteiger partial charge on any atom is -0.302 e. The summed E-state index contributed by atoms with van der Waals surface area (Å²) in [6.45, 7) is 4.19. The Morgan fingerprint density at radius 1 is 1.35 bits per heavy atom. The second-order valence-corrected chi connectivity index (χ2v) is 9.20. The maximum atomic E-state index is 12.1. The zero-order valence-corrected chi connectivity index (χ0v) is 17.0. The van der Waals surface area contributed by atoms with Gasteiger partial charge in [-0.15, -0.1) is 11.3 Å². The second kappa shape index (κ2) is 8.28. The number of nitrogens with zero attached hydrogens (tertiary/aromatic N) is 2. The molecule has 1 atom stereocenters. The van der Waals surface area contributed by atoms with Crippen molar-refractivity contribution in [3.63, 3.8) is 0 Å². The number of hydrogen-bond donors (Lipinski definition) is 1. The van der Waals surface area contributed by atoms with E-state index in [2.05, 4.69) is 41.5 Å². The van der Waals surface area contributed by atoms with E-state index in [1.54, 1.807) is 6.20 Å². The molecular weight excluding hydrogens is 386 g/mol. The van der Waals surface area contributed by atoms with Crippen molar-refractivity contribution >= 4 is 56.6 Å². The van der Waals surface area contributed by atoms with Crippen LogP contribution in [-0.4, -0.2) is 37.8 Å². The van der Waals surface area contributed by atoms with Gasteiger partial charge in [0.2, 0.25) is 11.8 Å². The molecule has 2 heterocycles. The standard InChI is InChI=1S/C18H19N3O2S3/c1-11-3-5-13(6-4-11)9-14-10-19-17(26-14)20-15(22)7-8-21-16(23)12(2)25-18(21)24/h3-6,10,12H,7-9H2,1-2H3,(H,19,20,22). The maximum Gasteiger partial charge on any atom is 0.241 e. The lowest BCUT2D eigenvalue weighted by atomic mass is 10.1. The van der Waals surface area contributed by atoms with Gasteiger partial charge in [0.25, 0.3) is 0 Å². The third-order valence-electron chi connectivity index (χ3n) is 3.97. The molecule has 1 N–H and O–H groups in total. The van der Waals surface area contributed by atoms with Gasteiger partial charge >= 0.3 is 0 Å². The lowest BCUT2D eigenvalue weighted by Crippen LogP contribution is -2.33. The number of thioether (sulfide) groups is 1. The van der Waals surface area contributed by atoms with Gasteiger partial charge in [-0.25, -0.2) is 4.98 Å². The lowest BCUT2D eigenvalue weighted by molar-refractivity contribution is -0.126. The van der Waals surface area contributed by atoms with E-state index in [0.29, 0.717) is 16.0 Å². The van der Waals surface area contributed by atoms with Gasteiger partial charge in [0.05, 0.1) is 5.25 Å². The van der Waals surface area contributed by atoms with E-state index in [-0.39, 0.29) is 23.5 Å². The fourth-order valence-electron chi connectivity index (χ4n) is 2.53. The van der Waals surface area contributed by atoms with Gasteiger partial charge in [0.1, 0.15) is 4.32 Å². The van der Waals surface area contributed by atoms with E-state index in [0.717, 1.165) is 11.3 Å². The van der Waals surface area contributed by atoms with Crippen LogP contribution >= 0.6 is 35.3 Å². The first kappa shape index (κ1) is 19.0. The van der Waals surface area contributed by atoms with Gasteiger partial charge in [0.15, 0.2) is 5.13 Å². The number of carbonyl (C=O) groups is 2. The monoisotopic (exact) mass is 405 g/mol. The number of nitrogens with one attached hydrogen (secondary N) is 1. The molecule has 3 rings (SSSR count). The summed E-state index contributed by atoms with van der Waals surface area (Å²) in [7, 11) is 0. The number of amides is 2. The van der Waals surface area contributed by atoms with E-state index in [4.69, 9.17) is 12.2 Å². The highest BCUT2D eigenvalue weighted by Crippen LogP contribution is 2.27. The molecule has 0 aliphatic carbocycles. The topological polar surface area (TPSA) is 62.3 Å². The van der Waals surface area contributed by atoms with Crippen LogP contribution in [0.5, 0.6) is 0 Å². The summed E-state index contributed by atoms with van der Waals surface area (Å²) in [6, 6.07) is 8.37. The predicted octanol–water partition coefficient (Wildman–Crippen LogP) is 3.62. The Bertz CT molecular complexity index is 832. The van der Waals surface area contributed by atoms with Gasteiger partial charge in [0, 0.05) is 30.5 Å². The SMILES string of the molecule is Cc1ccc(Cc2cnc(NC(=O)CCN3C(=O)C(C)SC3=S)s2)cc1. The van der Waals surface area contributed by atoms with Crippen LogP contribution in [0.2, 0.25) is 0 Å². The van der Waals surface area contributed by atoms with E-state index in [1.165, 1.54) is 39.1 Å². The summed E-state index contributed by atoms with van der Waals surface area (Å²) >= 11 is 8.01. The largest absolute Gasteiger partial charge is 0.302 e. The molecule has 1 aromatic heterocycles. The molecule has 0 bridgehead atoms. The molecule has 2 amide bonds. The van der Waals surface area contributed by atoms with E-state index >= 15 is 0 Å². The second-order valence-electron chi connectivity index (χ2n) is 6.11. The van der Waals surface area contributed by atoms with Crippen molar-refractivity contribution in [2.24, 2.45) is 0 Å². The Kier molecular flexibility index (Phi) is 6.05. The van der Waals surface area contributed by atoms with Crippen molar-refractivity contribution in [1.29, 1.82) is 0 Å². The van der Waals surface area contributed by atoms with Crippen LogP contribution in [0.1, 0.15) is 29.3 Å².